The standard InChI is InChI=1S/C50H58ClFN10O6S2/c1-30-41(69-29-56-30)34-12-10-31(11-13-34)24-54-44(64)39-23-36(63)27-62(39)46(66)42(58-47(67)50(52)16-17-50)49(2,3)70-28-33-8-6-32(7-9-33)26-60-18-20-61(21-19-60)45(65)35-14-15-38(40(22-35)68-5)57-48-55-25-37(51)43(53-4)59-48/h6-15,22,25,29,36,39,42,63H,16-21,23-24,26-28H2,1-5H3,(H,54,64)(H,58,67)(H2,53,55,57,59)/t36-,39-,42-/m1/s1. The summed E-state index contributed by atoms with van der Waals surface area (Å²) in [5, 5.41) is 22.9. The van der Waals surface area contributed by atoms with Gasteiger partial charge in [-0.15, -0.1) is 23.1 Å². The molecule has 4 amide bonds. The van der Waals surface area contributed by atoms with Crippen molar-refractivity contribution in [3.63, 3.8) is 0 Å². The van der Waals surface area contributed by atoms with Gasteiger partial charge in [-0.05, 0) is 74.1 Å². The number of aryl methyl sites for hydroxylation is 1. The number of carbonyl (C=O) groups excluding carboxylic acids is 4. The topological polar surface area (TPSA) is 194 Å². The van der Waals surface area contributed by atoms with Crippen LogP contribution in [0.15, 0.2) is 78.4 Å². The molecule has 2 saturated heterocycles. The minimum absolute atomic E-state index is 0.0347. The monoisotopic (exact) mass is 1010 g/mol. The largest absolute Gasteiger partial charge is 0.495 e. The number of methoxy groups -OCH3 is 1. The highest BCUT2D eigenvalue weighted by Gasteiger charge is 2.54. The summed E-state index contributed by atoms with van der Waals surface area (Å²) in [6.07, 6.45) is 0.740. The van der Waals surface area contributed by atoms with Crippen LogP contribution < -0.4 is 26.0 Å². The molecular formula is C50H58ClFN10O6S2. The number of thiazole rings is 1. The van der Waals surface area contributed by atoms with E-state index in [1.54, 1.807) is 42.1 Å². The molecule has 5 aromatic rings. The van der Waals surface area contributed by atoms with Crippen molar-refractivity contribution in [3.05, 3.63) is 111 Å². The third-order valence-corrected chi connectivity index (χ3v) is 15.7. The number of halogens is 2. The first-order valence-electron chi connectivity index (χ1n) is 23.2. The molecule has 0 unspecified atom stereocenters. The number of amides is 4. The molecule has 2 aliphatic heterocycles. The number of carbonyl (C=O) groups is 4. The maximum absolute atomic E-state index is 15.2. The number of aliphatic hydroxyl groups is 1. The number of β-amino-alcohol motifs (C(OH)–C–C–N with tert-alkyl or cyclic N) is 1. The number of likely N-dealkylation sites (tertiary alicyclic amines) is 1. The van der Waals surface area contributed by atoms with Crippen LogP contribution >= 0.6 is 34.7 Å². The second-order valence-electron chi connectivity index (χ2n) is 18.4. The number of piperazine rings is 1. The third-order valence-electron chi connectivity index (χ3n) is 13.0. The molecule has 16 nitrogen and oxygen atoms in total. The summed E-state index contributed by atoms with van der Waals surface area (Å²) in [6, 6.07) is 19.1. The van der Waals surface area contributed by atoms with Gasteiger partial charge < -0.3 is 40.9 Å². The van der Waals surface area contributed by atoms with Gasteiger partial charge in [0.05, 0.1) is 41.2 Å². The molecule has 8 rings (SSSR count). The average Bonchev–Trinajstić information content (AvgIpc) is 3.77. The molecular weight excluding hydrogens is 955 g/mol. The highest BCUT2D eigenvalue weighted by molar-refractivity contribution is 7.99. The Hall–Kier alpha value is -5.86. The van der Waals surface area contributed by atoms with E-state index in [0.717, 1.165) is 32.8 Å². The predicted octanol–water partition coefficient (Wildman–Crippen LogP) is 6.59. The molecule has 3 aromatic carbocycles. The molecule has 0 spiro atoms. The lowest BCUT2D eigenvalue weighted by Gasteiger charge is -2.37. The van der Waals surface area contributed by atoms with E-state index in [-0.39, 0.29) is 38.3 Å². The van der Waals surface area contributed by atoms with Gasteiger partial charge in [0.2, 0.25) is 17.8 Å². The van der Waals surface area contributed by atoms with Crippen molar-refractivity contribution in [2.45, 2.75) is 87.5 Å². The van der Waals surface area contributed by atoms with Gasteiger partial charge in [-0.2, -0.15) is 4.98 Å². The molecule has 4 heterocycles. The first kappa shape index (κ1) is 50.5. The van der Waals surface area contributed by atoms with Crippen molar-refractivity contribution in [1.82, 2.24) is 40.3 Å². The summed E-state index contributed by atoms with van der Waals surface area (Å²) >= 11 is 9.13. The SMILES string of the molecule is CNc1nc(Nc2ccc(C(=O)N3CCN(Cc4ccc(CSC(C)(C)[C@H](NC(=O)C5(F)CC5)C(=O)N5C[C@H](O)C[C@@H]5C(=O)NCc5ccc(-c6scnc6C)cc5)cc4)CC3)cc2OC)ncc1Cl. The van der Waals surface area contributed by atoms with Crippen molar-refractivity contribution in [2.75, 3.05) is 57.5 Å². The molecule has 3 aliphatic rings. The van der Waals surface area contributed by atoms with Gasteiger partial charge in [0.1, 0.15) is 28.7 Å². The summed E-state index contributed by atoms with van der Waals surface area (Å²) < 4.78 is 19.8. The maximum Gasteiger partial charge on any atom is 0.258 e. The fourth-order valence-electron chi connectivity index (χ4n) is 8.56. The highest BCUT2D eigenvalue weighted by atomic mass is 35.5. The van der Waals surface area contributed by atoms with Crippen molar-refractivity contribution >= 4 is 75.8 Å². The molecule has 5 N–H and O–H groups in total. The van der Waals surface area contributed by atoms with E-state index in [2.05, 4.69) is 53.3 Å². The quantitative estimate of drug-likeness (QED) is 0.0632. The van der Waals surface area contributed by atoms with Gasteiger partial charge >= 0.3 is 0 Å². The van der Waals surface area contributed by atoms with Crippen molar-refractivity contribution in [2.24, 2.45) is 0 Å². The smallest absolute Gasteiger partial charge is 0.258 e. The predicted molar refractivity (Wildman–Crippen MR) is 271 cm³/mol. The molecule has 2 aromatic heterocycles. The number of nitrogens with zero attached hydrogens (tertiary/aromatic N) is 6. The number of aromatic nitrogens is 3. The van der Waals surface area contributed by atoms with E-state index in [4.69, 9.17) is 16.3 Å². The van der Waals surface area contributed by atoms with Crippen LogP contribution in [0, 0.1) is 6.92 Å². The molecule has 1 aliphatic carbocycles. The first-order valence-corrected chi connectivity index (χ1v) is 25.4. The molecule has 20 heteroatoms. The molecule has 3 fully saturated rings. The molecule has 0 bridgehead atoms. The molecule has 370 valence electrons. The van der Waals surface area contributed by atoms with Crippen molar-refractivity contribution in [3.8, 4) is 16.2 Å². The summed E-state index contributed by atoms with van der Waals surface area (Å²) in [5.41, 5.74) is 5.81. The lowest BCUT2D eigenvalue weighted by Crippen LogP contribution is -2.61. The van der Waals surface area contributed by atoms with Crippen LogP contribution in [0.4, 0.5) is 21.8 Å². The summed E-state index contributed by atoms with van der Waals surface area (Å²) in [7, 11) is 3.25. The second-order valence-corrected chi connectivity index (χ2v) is 21.3. The number of alkyl halides is 1. The van der Waals surface area contributed by atoms with E-state index >= 15 is 4.39 Å². The Morgan fingerprint density at radius 3 is 2.36 bits per heavy atom. The van der Waals surface area contributed by atoms with Gasteiger partial charge in [-0.1, -0.05) is 60.1 Å². The fraction of sp³-hybridized carbons (Fsp3) is 0.420. The number of thioether (sulfide) groups is 1. The van der Waals surface area contributed by atoms with Gasteiger partial charge in [0.15, 0.2) is 5.67 Å². The Bertz CT molecular complexity index is 2700. The minimum atomic E-state index is -2.03. The van der Waals surface area contributed by atoms with Crippen LogP contribution in [0.5, 0.6) is 5.75 Å². The Kier molecular flexibility index (Phi) is 15.6. The van der Waals surface area contributed by atoms with Crippen LogP contribution in [-0.4, -0.2) is 134 Å². The number of anilines is 3. The zero-order valence-corrected chi connectivity index (χ0v) is 42.1. The van der Waals surface area contributed by atoms with Gasteiger partial charge in [0, 0.05) is 75.3 Å². The van der Waals surface area contributed by atoms with Crippen LogP contribution in [0.3, 0.4) is 0 Å². The number of ether oxygens (including phenoxy) is 1. The fourth-order valence-corrected chi connectivity index (χ4v) is 10.6. The summed E-state index contributed by atoms with van der Waals surface area (Å²) in [4.78, 5) is 74.5. The number of nitrogens with one attached hydrogen (secondary N) is 4. The number of benzene rings is 3. The molecule has 3 atom stereocenters. The second kappa shape index (κ2) is 21.6. The normalized spacial score (nSPS) is 18.2. The zero-order chi connectivity index (χ0) is 49.7. The number of aliphatic hydroxyl groups excluding tert-OH is 1. The van der Waals surface area contributed by atoms with Crippen LogP contribution in [0.1, 0.15) is 65.9 Å². The van der Waals surface area contributed by atoms with E-state index in [9.17, 15) is 24.3 Å². The summed E-state index contributed by atoms with van der Waals surface area (Å²) in [6.45, 7) is 8.93. The van der Waals surface area contributed by atoms with E-state index in [1.807, 2.05) is 62.1 Å². The van der Waals surface area contributed by atoms with Crippen molar-refractivity contribution < 1.29 is 33.4 Å². The van der Waals surface area contributed by atoms with Gasteiger partial charge in [0.25, 0.3) is 11.8 Å². The van der Waals surface area contributed by atoms with E-state index < -0.39 is 46.3 Å². The highest BCUT2D eigenvalue weighted by Crippen LogP contribution is 2.41. The lowest BCUT2D eigenvalue weighted by atomic mass is 10.00. The molecule has 1 saturated carbocycles. The first-order chi connectivity index (χ1) is 33.5. The van der Waals surface area contributed by atoms with Gasteiger partial charge in [-0.25, -0.2) is 14.4 Å². The minimum Gasteiger partial charge on any atom is -0.495 e. The number of hydrogen-bond acceptors (Lipinski definition) is 14. The Balaban J connectivity index is 0.844. The average molecular weight is 1010 g/mol. The van der Waals surface area contributed by atoms with Crippen LogP contribution in [-0.2, 0) is 33.2 Å². The van der Waals surface area contributed by atoms with E-state index in [1.165, 1.54) is 30.0 Å². The summed E-state index contributed by atoms with van der Waals surface area (Å²) in [5.74, 6) is -0.152. The zero-order valence-electron chi connectivity index (χ0n) is 39.8. The molecule has 70 heavy (non-hydrogen) atoms. The molecule has 0 radical (unpaired) electrons. The van der Waals surface area contributed by atoms with Gasteiger partial charge in [-0.3, -0.25) is 24.1 Å². The van der Waals surface area contributed by atoms with Crippen LogP contribution in [0.25, 0.3) is 10.4 Å². The third kappa shape index (κ3) is 11.8. The number of hydrogen-bond donors (Lipinski definition) is 5. The lowest BCUT2D eigenvalue weighted by molar-refractivity contribution is -0.143. The Morgan fingerprint density at radius 2 is 1.70 bits per heavy atom. The Labute approximate surface area is 420 Å². The number of rotatable bonds is 18. The maximum atomic E-state index is 15.2. The van der Waals surface area contributed by atoms with E-state index in [0.29, 0.717) is 72.3 Å². The van der Waals surface area contributed by atoms with Crippen LogP contribution in [0.2, 0.25) is 5.02 Å². The van der Waals surface area contributed by atoms with Crippen molar-refractivity contribution in [1.29, 1.82) is 0 Å². The Morgan fingerprint density at radius 1 is 1.00 bits per heavy atom.